The Bertz CT molecular complexity index is 528. The number of H-pyrrole nitrogens is 1. The van der Waals surface area contributed by atoms with Gasteiger partial charge in [-0.15, -0.1) is 0 Å². The molecule has 16 heavy (non-hydrogen) atoms. The van der Waals surface area contributed by atoms with Crippen LogP contribution in [-0.4, -0.2) is 22.3 Å². The molecule has 0 unspecified atom stereocenters. The fourth-order valence-corrected chi connectivity index (χ4v) is 1.59. The van der Waals surface area contributed by atoms with E-state index in [1.807, 2.05) is 12.1 Å². The third-order valence-corrected chi connectivity index (χ3v) is 2.55. The predicted octanol–water partition coefficient (Wildman–Crippen LogP) is 1.83. The number of aromatic amines is 1. The van der Waals surface area contributed by atoms with Gasteiger partial charge in [0.25, 0.3) is 0 Å². The Labute approximate surface area is 93.9 Å². The van der Waals surface area contributed by atoms with Crippen LogP contribution in [0.5, 0.6) is 0 Å². The molecule has 4 nitrogen and oxygen atoms in total. The number of nitrogens with zero attached hydrogens (tertiary/aromatic N) is 1. The Balaban J connectivity index is 2.49. The number of fused-ring (bicyclic) bond motifs is 1. The van der Waals surface area contributed by atoms with E-state index in [1.54, 1.807) is 6.07 Å². The fourth-order valence-electron chi connectivity index (χ4n) is 1.59. The van der Waals surface area contributed by atoms with Crippen LogP contribution in [-0.2, 0) is 0 Å². The Kier molecular flexibility index (Phi) is 2.75. The Morgan fingerprint density at radius 2 is 2.25 bits per heavy atom. The summed E-state index contributed by atoms with van der Waals surface area (Å²) in [6, 6.07) is 5.42. The van der Waals surface area contributed by atoms with Gasteiger partial charge in [0.2, 0.25) is 0 Å². The summed E-state index contributed by atoms with van der Waals surface area (Å²) in [5, 5.41) is 0. The maximum atomic E-state index is 11.4. The van der Waals surface area contributed by atoms with Crippen LogP contribution in [0, 0.1) is 0 Å². The number of nitrogens with one attached hydrogen (secondary N) is 1. The zero-order chi connectivity index (χ0) is 11.7. The van der Waals surface area contributed by atoms with Crippen molar-refractivity contribution in [1.29, 1.82) is 0 Å². The van der Waals surface area contributed by atoms with E-state index < -0.39 is 0 Å². The first-order valence-corrected chi connectivity index (χ1v) is 5.34. The van der Waals surface area contributed by atoms with E-state index in [9.17, 15) is 4.79 Å². The molecule has 1 aromatic carbocycles. The molecule has 0 spiro atoms. The number of rotatable bonds is 3. The van der Waals surface area contributed by atoms with Gasteiger partial charge in [-0.05, 0) is 18.2 Å². The first kappa shape index (κ1) is 10.8. The van der Waals surface area contributed by atoms with Gasteiger partial charge in [0, 0.05) is 11.5 Å². The molecule has 1 aromatic heterocycles. The molecule has 2 aromatic rings. The number of aromatic nitrogens is 2. The van der Waals surface area contributed by atoms with Crippen molar-refractivity contribution in [1.82, 2.24) is 9.97 Å². The number of ketones is 1. The second kappa shape index (κ2) is 4.06. The van der Waals surface area contributed by atoms with Crippen molar-refractivity contribution in [3.05, 3.63) is 29.6 Å². The van der Waals surface area contributed by atoms with Crippen molar-refractivity contribution in [3.8, 4) is 0 Å². The molecule has 1 heterocycles. The summed E-state index contributed by atoms with van der Waals surface area (Å²) in [6.07, 6.45) is 0. The molecule has 3 N–H and O–H groups in total. The molecule has 4 heteroatoms. The number of hydrogen-bond acceptors (Lipinski definition) is 3. The van der Waals surface area contributed by atoms with Crippen LogP contribution in [0.4, 0.5) is 0 Å². The number of Topliss-reactive ketones (excluding diaryl/α,β-unsaturated/α-hetero) is 1. The molecule has 0 bridgehead atoms. The molecule has 0 radical (unpaired) electrons. The highest BCUT2D eigenvalue weighted by molar-refractivity contribution is 6.00. The maximum absolute atomic E-state index is 11.4. The molecule has 0 saturated heterocycles. The summed E-state index contributed by atoms with van der Waals surface area (Å²) in [5.41, 5.74) is 7.74. The highest BCUT2D eigenvalue weighted by Crippen LogP contribution is 2.18. The molecule has 0 fully saturated rings. The van der Waals surface area contributed by atoms with Crippen molar-refractivity contribution in [2.45, 2.75) is 19.8 Å². The van der Waals surface area contributed by atoms with E-state index in [2.05, 4.69) is 23.8 Å². The topological polar surface area (TPSA) is 71.8 Å². The SMILES string of the molecule is CC(C)c1nc2ccc(C(=O)CN)cc2[nH]1. The van der Waals surface area contributed by atoms with E-state index in [4.69, 9.17) is 5.73 Å². The van der Waals surface area contributed by atoms with E-state index >= 15 is 0 Å². The van der Waals surface area contributed by atoms with Gasteiger partial charge in [-0.1, -0.05) is 13.8 Å². The van der Waals surface area contributed by atoms with Crippen LogP contribution >= 0.6 is 0 Å². The lowest BCUT2D eigenvalue weighted by Gasteiger charge is -1.97. The highest BCUT2D eigenvalue weighted by Gasteiger charge is 2.09. The van der Waals surface area contributed by atoms with Gasteiger partial charge < -0.3 is 10.7 Å². The second-order valence-electron chi connectivity index (χ2n) is 4.14. The minimum atomic E-state index is -0.0532. The first-order chi connectivity index (χ1) is 7.61. The van der Waals surface area contributed by atoms with Crippen LogP contribution in [0.25, 0.3) is 11.0 Å². The van der Waals surface area contributed by atoms with Crippen LogP contribution < -0.4 is 5.73 Å². The zero-order valence-corrected chi connectivity index (χ0v) is 9.45. The lowest BCUT2D eigenvalue weighted by molar-refractivity contribution is 0.100. The third kappa shape index (κ3) is 1.84. The largest absolute Gasteiger partial charge is 0.342 e. The van der Waals surface area contributed by atoms with Crippen LogP contribution in [0.3, 0.4) is 0 Å². The predicted molar refractivity (Wildman–Crippen MR) is 63.6 cm³/mol. The molecule has 0 amide bonds. The normalized spacial score (nSPS) is 11.2. The molecule has 0 atom stereocenters. The second-order valence-corrected chi connectivity index (χ2v) is 4.14. The van der Waals surface area contributed by atoms with Crippen LogP contribution in [0.15, 0.2) is 18.2 Å². The molecule has 0 saturated carbocycles. The number of nitrogens with two attached hydrogens (primary N) is 1. The van der Waals surface area contributed by atoms with Gasteiger partial charge in [0.1, 0.15) is 5.82 Å². The number of carbonyl (C=O) groups excluding carboxylic acids is 1. The van der Waals surface area contributed by atoms with E-state index in [-0.39, 0.29) is 12.3 Å². The third-order valence-electron chi connectivity index (χ3n) is 2.55. The smallest absolute Gasteiger partial charge is 0.176 e. The maximum Gasteiger partial charge on any atom is 0.176 e. The van der Waals surface area contributed by atoms with Gasteiger partial charge >= 0.3 is 0 Å². The van der Waals surface area contributed by atoms with Gasteiger partial charge in [0.15, 0.2) is 5.78 Å². The van der Waals surface area contributed by atoms with E-state index in [1.165, 1.54) is 0 Å². The van der Waals surface area contributed by atoms with Crippen molar-refractivity contribution in [2.24, 2.45) is 5.73 Å². The summed E-state index contributed by atoms with van der Waals surface area (Å²) in [5.74, 6) is 1.23. The Morgan fingerprint density at radius 3 is 2.88 bits per heavy atom. The van der Waals surface area contributed by atoms with Gasteiger partial charge in [0.05, 0.1) is 17.6 Å². The highest BCUT2D eigenvalue weighted by atomic mass is 16.1. The quantitative estimate of drug-likeness (QED) is 0.770. The minimum Gasteiger partial charge on any atom is -0.342 e. The monoisotopic (exact) mass is 217 g/mol. The van der Waals surface area contributed by atoms with Crippen LogP contribution in [0.2, 0.25) is 0 Å². The minimum absolute atomic E-state index is 0.0384. The zero-order valence-electron chi connectivity index (χ0n) is 9.45. The molecular formula is C12H15N3O. The molecule has 0 aliphatic rings. The average molecular weight is 217 g/mol. The van der Waals surface area contributed by atoms with Crippen molar-refractivity contribution in [3.63, 3.8) is 0 Å². The van der Waals surface area contributed by atoms with E-state index in [0.717, 1.165) is 16.9 Å². The number of carbonyl (C=O) groups is 1. The van der Waals surface area contributed by atoms with Gasteiger partial charge in [-0.25, -0.2) is 4.98 Å². The summed E-state index contributed by atoms with van der Waals surface area (Å²) in [6.45, 7) is 4.18. The van der Waals surface area contributed by atoms with E-state index in [0.29, 0.717) is 11.5 Å². The van der Waals surface area contributed by atoms with Crippen molar-refractivity contribution >= 4 is 16.8 Å². The lowest BCUT2D eigenvalue weighted by atomic mass is 10.1. The summed E-state index contributed by atoms with van der Waals surface area (Å²) in [4.78, 5) is 19.1. The Hall–Kier alpha value is -1.68. The average Bonchev–Trinajstić information content (AvgIpc) is 2.70. The standard InChI is InChI=1S/C12H15N3O/c1-7(2)12-14-9-4-3-8(11(16)6-13)5-10(9)15-12/h3-5,7H,6,13H2,1-2H3,(H,14,15). The van der Waals surface area contributed by atoms with Crippen molar-refractivity contribution in [2.75, 3.05) is 6.54 Å². The molecular weight excluding hydrogens is 202 g/mol. The summed E-state index contributed by atoms with van der Waals surface area (Å²) in [7, 11) is 0. The van der Waals surface area contributed by atoms with Crippen molar-refractivity contribution < 1.29 is 4.79 Å². The Morgan fingerprint density at radius 1 is 1.50 bits per heavy atom. The number of benzene rings is 1. The van der Waals surface area contributed by atoms with Gasteiger partial charge in [-0.3, -0.25) is 4.79 Å². The first-order valence-electron chi connectivity index (χ1n) is 5.34. The lowest BCUT2D eigenvalue weighted by Crippen LogP contribution is -2.13. The molecule has 0 aliphatic heterocycles. The number of hydrogen-bond donors (Lipinski definition) is 2. The summed E-state index contributed by atoms with van der Waals surface area (Å²) < 4.78 is 0. The van der Waals surface area contributed by atoms with Crippen LogP contribution in [0.1, 0.15) is 35.9 Å². The van der Waals surface area contributed by atoms with Gasteiger partial charge in [-0.2, -0.15) is 0 Å². The molecule has 84 valence electrons. The molecule has 2 rings (SSSR count). The fraction of sp³-hybridized carbons (Fsp3) is 0.333. The molecule has 0 aliphatic carbocycles. The summed E-state index contributed by atoms with van der Waals surface area (Å²) >= 11 is 0. The number of imidazole rings is 1.